The number of carbonyl (C=O) groups is 2. The van der Waals surface area contributed by atoms with Crippen molar-refractivity contribution in [3.8, 4) is 0 Å². The predicted molar refractivity (Wildman–Crippen MR) is 57.7 cm³/mol. The van der Waals surface area contributed by atoms with Gasteiger partial charge in [0.05, 0.1) is 13.2 Å². The Labute approximate surface area is 92.7 Å². The van der Waals surface area contributed by atoms with Crippen LogP contribution in [0.25, 0.3) is 0 Å². The molecule has 1 heterocycles. The highest BCUT2D eigenvalue weighted by atomic mass is 16.3. The summed E-state index contributed by atoms with van der Waals surface area (Å²) in [6.45, 7) is 0.0621. The Kier molecular flexibility index (Phi) is 2.87. The summed E-state index contributed by atoms with van der Waals surface area (Å²) in [6, 6.07) is 6.91. The van der Waals surface area contributed by atoms with Crippen molar-refractivity contribution in [1.29, 1.82) is 0 Å². The van der Waals surface area contributed by atoms with Gasteiger partial charge in [-0.15, -0.1) is 0 Å². The average molecular weight is 220 g/mol. The van der Waals surface area contributed by atoms with Gasteiger partial charge in [-0.2, -0.15) is 0 Å². The van der Waals surface area contributed by atoms with Crippen molar-refractivity contribution in [2.75, 3.05) is 18.0 Å². The summed E-state index contributed by atoms with van der Waals surface area (Å²) < 4.78 is 0. The molecule has 0 unspecified atom stereocenters. The molecular formula is C11H12N2O3. The highest BCUT2D eigenvalue weighted by Crippen LogP contribution is 2.16. The first kappa shape index (κ1) is 10.6. The van der Waals surface area contributed by atoms with Crippen LogP contribution in [-0.4, -0.2) is 30.0 Å². The second kappa shape index (κ2) is 4.32. The number of nitrogens with one attached hydrogen (secondary N) is 1. The van der Waals surface area contributed by atoms with E-state index in [-0.39, 0.29) is 31.5 Å². The van der Waals surface area contributed by atoms with Gasteiger partial charge < -0.3 is 15.3 Å². The third-order valence-electron chi connectivity index (χ3n) is 2.47. The number of aliphatic hydroxyl groups is 1. The number of benzene rings is 1. The Balaban J connectivity index is 2.21. The van der Waals surface area contributed by atoms with Crippen molar-refractivity contribution in [2.24, 2.45) is 0 Å². The van der Waals surface area contributed by atoms with Crippen LogP contribution in [0.1, 0.15) is 5.56 Å². The van der Waals surface area contributed by atoms with Gasteiger partial charge in [-0.1, -0.05) is 12.1 Å². The number of carbonyl (C=O) groups excluding carboxylic acids is 2. The van der Waals surface area contributed by atoms with E-state index >= 15 is 0 Å². The predicted octanol–water partition coefficient (Wildman–Crippen LogP) is -0.358. The quantitative estimate of drug-likeness (QED) is 0.715. The molecule has 16 heavy (non-hydrogen) atoms. The van der Waals surface area contributed by atoms with Crippen molar-refractivity contribution in [2.45, 2.75) is 6.61 Å². The lowest BCUT2D eigenvalue weighted by Gasteiger charge is -2.26. The molecule has 2 N–H and O–H groups in total. The van der Waals surface area contributed by atoms with E-state index in [0.29, 0.717) is 5.69 Å². The fourth-order valence-electron chi connectivity index (χ4n) is 1.57. The van der Waals surface area contributed by atoms with Gasteiger partial charge in [0.1, 0.15) is 6.54 Å². The van der Waals surface area contributed by atoms with Crippen molar-refractivity contribution in [3.05, 3.63) is 29.8 Å². The van der Waals surface area contributed by atoms with Crippen LogP contribution in [0.3, 0.4) is 0 Å². The lowest BCUT2D eigenvalue weighted by Crippen LogP contribution is -2.51. The Morgan fingerprint density at radius 1 is 1.25 bits per heavy atom. The number of nitrogens with zero attached hydrogens (tertiary/aromatic N) is 1. The molecule has 1 saturated heterocycles. The van der Waals surface area contributed by atoms with Gasteiger partial charge in [0.2, 0.25) is 11.8 Å². The summed E-state index contributed by atoms with van der Waals surface area (Å²) in [5, 5.41) is 11.4. The highest BCUT2D eigenvalue weighted by molar-refractivity contribution is 6.04. The maximum absolute atomic E-state index is 11.6. The summed E-state index contributed by atoms with van der Waals surface area (Å²) in [4.78, 5) is 24.2. The topological polar surface area (TPSA) is 69.6 Å². The molecule has 0 aliphatic carbocycles. The summed E-state index contributed by atoms with van der Waals surface area (Å²) in [7, 11) is 0. The van der Waals surface area contributed by atoms with E-state index in [2.05, 4.69) is 5.32 Å². The summed E-state index contributed by atoms with van der Waals surface area (Å²) in [5.41, 5.74) is 1.45. The highest BCUT2D eigenvalue weighted by Gasteiger charge is 2.23. The van der Waals surface area contributed by atoms with Crippen LogP contribution in [0, 0.1) is 0 Å². The monoisotopic (exact) mass is 220 g/mol. The number of amides is 2. The average Bonchev–Trinajstić information content (AvgIpc) is 2.32. The lowest BCUT2D eigenvalue weighted by atomic mass is 10.2. The minimum atomic E-state index is -0.161. The molecule has 1 aromatic carbocycles. The van der Waals surface area contributed by atoms with Gasteiger partial charge in [-0.3, -0.25) is 9.59 Å². The molecule has 1 aromatic rings. The second-order valence-electron chi connectivity index (χ2n) is 3.58. The number of piperazine rings is 1. The van der Waals surface area contributed by atoms with Crippen molar-refractivity contribution in [1.82, 2.24) is 5.32 Å². The Morgan fingerprint density at radius 3 is 2.56 bits per heavy atom. The zero-order chi connectivity index (χ0) is 11.5. The molecule has 0 atom stereocenters. The van der Waals surface area contributed by atoms with Crippen LogP contribution in [0.15, 0.2) is 24.3 Å². The molecular weight excluding hydrogens is 208 g/mol. The number of rotatable bonds is 2. The van der Waals surface area contributed by atoms with Crippen molar-refractivity contribution >= 4 is 17.5 Å². The van der Waals surface area contributed by atoms with E-state index in [1.54, 1.807) is 24.3 Å². The number of aliphatic hydroxyl groups excluding tert-OH is 1. The molecule has 5 nitrogen and oxygen atoms in total. The van der Waals surface area contributed by atoms with Crippen molar-refractivity contribution in [3.63, 3.8) is 0 Å². The number of anilines is 1. The molecule has 0 radical (unpaired) electrons. The fraction of sp³-hybridized carbons (Fsp3) is 0.273. The molecule has 0 spiro atoms. The third-order valence-corrected chi connectivity index (χ3v) is 2.47. The smallest absolute Gasteiger partial charge is 0.246 e. The van der Waals surface area contributed by atoms with Gasteiger partial charge in [0, 0.05) is 5.69 Å². The molecule has 0 saturated carbocycles. The zero-order valence-electron chi connectivity index (χ0n) is 8.64. The minimum Gasteiger partial charge on any atom is -0.392 e. The Bertz CT molecular complexity index is 414. The number of hydrogen-bond acceptors (Lipinski definition) is 3. The minimum absolute atomic E-state index is 0.0330. The molecule has 84 valence electrons. The van der Waals surface area contributed by atoms with Gasteiger partial charge >= 0.3 is 0 Å². The Hall–Kier alpha value is -1.88. The van der Waals surface area contributed by atoms with Crippen LogP contribution in [0.4, 0.5) is 5.69 Å². The maximum atomic E-state index is 11.6. The van der Waals surface area contributed by atoms with E-state index in [1.807, 2.05) is 0 Å². The van der Waals surface area contributed by atoms with Gasteiger partial charge in [0.15, 0.2) is 0 Å². The van der Waals surface area contributed by atoms with Crippen LogP contribution >= 0.6 is 0 Å². The van der Waals surface area contributed by atoms with Crippen LogP contribution in [0.5, 0.6) is 0 Å². The molecule has 0 bridgehead atoms. The van der Waals surface area contributed by atoms with E-state index in [4.69, 9.17) is 5.11 Å². The maximum Gasteiger partial charge on any atom is 0.246 e. The van der Waals surface area contributed by atoms with Gasteiger partial charge in [-0.05, 0) is 17.7 Å². The van der Waals surface area contributed by atoms with E-state index in [0.717, 1.165) is 5.56 Å². The van der Waals surface area contributed by atoms with E-state index < -0.39 is 0 Å². The van der Waals surface area contributed by atoms with Gasteiger partial charge in [0.25, 0.3) is 0 Å². The fourth-order valence-corrected chi connectivity index (χ4v) is 1.57. The molecule has 1 aliphatic rings. The molecule has 5 heteroatoms. The summed E-state index contributed by atoms with van der Waals surface area (Å²) in [6.07, 6.45) is 0. The lowest BCUT2D eigenvalue weighted by molar-refractivity contribution is -0.128. The first-order chi connectivity index (χ1) is 7.70. The molecule has 1 fully saturated rings. The van der Waals surface area contributed by atoms with Gasteiger partial charge in [-0.25, -0.2) is 0 Å². The van der Waals surface area contributed by atoms with Crippen LogP contribution in [-0.2, 0) is 16.2 Å². The van der Waals surface area contributed by atoms with E-state index in [9.17, 15) is 9.59 Å². The largest absolute Gasteiger partial charge is 0.392 e. The molecule has 0 aromatic heterocycles. The molecule has 1 aliphatic heterocycles. The SMILES string of the molecule is O=C1CN(c2ccc(CO)cc2)C(=O)CN1. The normalized spacial score (nSPS) is 16.2. The third kappa shape index (κ3) is 2.04. The van der Waals surface area contributed by atoms with Crippen LogP contribution in [0.2, 0.25) is 0 Å². The second-order valence-corrected chi connectivity index (χ2v) is 3.58. The zero-order valence-corrected chi connectivity index (χ0v) is 8.64. The Morgan fingerprint density at radius 2 is 1.94 bits per heavy atom. The summed E-state index contributed by atoms with van der Waals surface area (Å²) in [5.74, 6) is -0.290. The first-order valence-corrected chi connectivity index (χ1v) is 4.97. The number of hydrogen-bond donors (Lipinski definition) is 2. The van der Waals surface area contributed by atoms with Crippen molar-refractivity contribution < 1.29 is 14.7 Å². The molecule has 2 amide bonds. The molecule has 2 rings (SSSR count). The van der Waals surface area contributed by atoms with E-state index in [1.165, 1.54) is 4.90 Å². The summed E-state index contributed by atoms with van der Waals surface area (Å²) >= 11 is 0. The standard InChI is InChI=1S/C11H12N2O3/c14-7-8-1-3-9(4-2-8)13-6-10(15)12-5-11(13)16/h1-4,14H,5-7H2,(H,12,15). The first-order valence-electron chi connectivity index (χ1n) is 4.97. The van der Waals surface area contributed by atoms with Crippen LogP contribution < -0.4 is 10.2 Å².